The Labute approximate surface area is 106 Å². The minimum absolute atomic E-state index is 0.179. The van der Waals surface area contributed by atoms with Gasteiger partial charge in [0.15, 0.2) is 6.73 Å². The van der Waals surface area contributed by atoms with Crippen LogP contribution in [0, 0.1) is 0 Å². The van der Waals surface area contributed by atoms with Gasteiger partial charge in [-0.3, -0.25) is 4.90 Å². The van der Waals surface area contributed by atoms with Crippen molar-refractivity contribution < 1.29 is 9.94 Å². The molecule has 0 fully saturated rings. The maximum absolute atomic E-state index is 8.90. The molecule has 2 aliphatic rings. The lowest BCUT2D eigenvalue weighted by molar-refractivity contribution is 0.174. The van der Waals surface area contributed by atoms with Crippen molar-refractivity contribution in [2.24, 2.45) is 5.16 Å². The van der Waals surface area contributed by atoms with E-state index in [1.807, 2.05) is 4.90 Å². The van der Waals surface area contributed by atoms with Crippen LogP contribution in [-0.4, -0.2) is 31.3 Å². The van der Waals surface area contributed by atoms with Gasteiger partial charge >= 0.3 is 0 Å². The molecule has 18 heavy (non-hydrogen) atoms. The van der Waals surface area contributed by atoms with Crippen molar-refractivity contribution in [1.29, 1.82) is 0 Å². The zero-order chi connectivity index (χ0) is 12.4. The third-order valence-electron chi connectivity index (χ3n) is 3.52. The molecule has 3 rings (SSSR count). The molecule has 96 valence electrons. The Morgan fingerprint density at radius 1 is 1.50 bits per heavy atom. The van der Waals surface area contributed by atoms with Crippen LogP contribution in [-0.2, 0) is 11.3 Å². The Morgan fingerprint density at radius 2 is 2.44 bits per heavy atom. The fourth-order valence-corrected chi connectivity index (χ4v) is 2.71. The highest BCUT2D eigenvalue weighted by Gasteiger charge is 2.26. The van der Waals surface area contributed by atoms with Gasteiger partial charge in [-0.1, -0.05) is 17.3 Å². The summed E-state index contributed by atoms with van der Waals surface area (Å²) >= 11 is 0. The number of aliphatic hydroxyl groups is 1. The second kappa shape index (κ2) is 4.96. The summed E-state index contributed by atoms with van der Waals surface area (Å²) in [5, 5.41) is 16.1. The molecular formula is C13H17N3O2. The summed E-state index contributed by atoms with van der Waals surface area (Å²) < 4.78 is 0. The van der Waals surface area contributed by atoms with E-state index in [9.17, 15) is 0 Å². The van der Waals surface area contributed by atoms with E-state index in [1.54, 1.807) is 6.34 Å². The first-order valence-corrected chi connectivity index (χ1v) is 6.28. The number of anilines is 1. The molecule has 0 saturated heterocycles. The maximum Gasteiger partial charge on any atom is 0.194 e. The largest absolute Gasteiger partial charge is 0.395 e. The summed E-state index contributed by atoms with van der Waals surface area (Å²) in [4.78, 5) is 7.03. The first kappa shape index (κ1) is 11.5. The number of hydrogen-bond acceptors (Lipinski definition) is 5. The Kier molecular flexibility index (Phi) is 3.17. The van der Waals surface area contributed by atoms with Gasteiger partial charge in [0.25, 0.3) is 0 Å². The summed E-state index contributed by atoms with van der Waals surface area (Å²) in [5.74, 6) is 0. The smallest absolute Gasteiger partial charge is 0.194 e. The van der Waals surface area contributed by atoms with Crippen LogP contribution >= 0.6 is 0 Å². The number of nitrogens with one attached hydrogen (secondary N) is 1. The molecule has 1 aliphatic heterocycles. The van der Waals surface area contributed by atoms with E-state index in [0.717, 1.165) is 12.8 Å². The number of fused-ring (bicyclic) bond motifs is 1. The van der Waals surface area contributed by atoms with Crippen molar-refractivity contribution in [1.82, 2.24) is 5.32 Å². The molecule has 1 aliphatic carbocycles. The van der Waals surface area contributed by atoms with Crippen LogP contribution in [0.3, 0.4) is 0 Å². The fraction of sp³-hybridized carbons (Fsp3) is 0.462. The summed E-state index contributed by atoms with van der Waals surface area (Å²) in [7, 11) is 0. The number of oxime groups is 1. The van der Waals surface area contributed by atoms with Crippen molar-refractivity contribution in [2.45, 2.75) is 18.9 Å². The highest BCUT2D eigenvalue weighted by atomic mass is 16.6. The van der Waals surface area contributed by atoms with Crippen LogP contribution in [0.4, 0.5) is 5.69 Å². The van der Waals surface area contributed by atoms with E-state index in [-0.39, 0.29) is 6.61 Å². The van der Waals surface area contributed by atoms with E-state index < -0.39 is 0 Å². The summed E-state index contributed by atoms with van der Waals surface area (Å²) in [6.07, 6.45) is 3.86. The van der Waals surface area contributed by atoms with Gasteiger partial charge in [-0.15, -0.1) is 0 Å². The molecule has 0 aromatic heterocycles. The molecule has 1 aromatic rings. The summed E-state index contributed by atoms with van der Waals surface area (Å²) in [5.41, 5.74) is 3.88. The molecular weight excluding hydrogens is 230 g/mol. The van der Waals surface area contributed by atoms with Crippen LogP contribution in [0.1, 0.15) is 23.6 Å². The molecule has 0 radical (unpaired) electrons. The Bertz CT molecular complexity index is 462. The fourth-order valence-electron chi connectivity index (χ4n) is 2.71. The molecule has 5 heteroatoms. The van der Waals surface area contributed by atoms with Gasteiger partial charge in [0.1, 0.15) is 6.34 Å². The van der Waals surface area contributed by atoms with E-state index in [4.69, 9.17) is 9.94 Å². The number of rotatable bonds is 4. The van der Waals surface area contributed by atoms with Gasteiger partial charge in [-0.05, 0) is 30.0 Å². The quantitative estimate of drug-likeness (QED) is 0.833. The summed E-state index contributed by atoms with van der Waals surface area (Å²) in [6.45, 7) is 1.31. The second-order valence-corrected chi connectivity index (χ2v) is 4.56. The topological polar surface area (TPSA) is 57.1 Å². The average Bonchev–Trinajstić information content (AvgIpc) is 3.05. The molecule has 1 aromatic carbocycles. The maximum atomic E-state index is 8.90. The Balaban J connectivity index is 1.86. The average molecular weight is 247 g/mol. The lowest BCUT2D eigenvalue weighted by Crippen LogP contribution is -2.23. The lowest BCUT2D eigenvalue weighted by atomic mass is 10.1. The van der Waals surface area contributed by atoms with E-state index >= 15 is 0 Å². The molecule has 0 amide bonds. The Hall–Kier alpha value is -1.59. The predicted octanol–water partition coefficient (Wildman–Crippen LogP) is 0.993. The molecule has 1 unspecified atom stereocenters. The van der Waals surface area contributed by atoms with Gasteiger partial charge in [0, 0.05) is 18.3 Å². The van der Waals surface area contributed by atoms with Gasteiger partial charge in [0.05, 0.1) is 6.61 Å². The zero-order valence-corrected chi connectivity index (χ0v) is 10.2. The van der Waals surface area contributed by atoms with Gasteiger partial charge < -0.3 is 15.3 Å². The first-order chi connectivity index (χ1) is 8.90. The van der Waals surface area contributed by atoms with Gasteiger partial charge in [-0.25, -0.2) is 0 Å². The predicted molar refractivity (Wildman–Crippen MR) is 69.5 cm³/mol. The zero-order valence-electron chi connectivity index (χ0n) is 10.2. The van der Waals surface area contributed by atoms with Crippen LogP contribution in [0.5, 0.6) is 0 Å². The van der Waals surface area contributed by atoms with Crippen LogP contribution < -0.4 is 10.2 Å². The van der Waals surface area contributed by atoms with Crippen LogP contribution in [0.15, 0.2) is 23.4 Å². The monoisotopic (exact) mass is 247 g/mol. The highest BCUT2D eigenvalue weighted by Crippen LogP contribution is 2.37. The Morgan fingerprint density at radius 3 is 3.22 bits per heavy atom. The van der Waals surface area contributed by atoms with E-state index in [0.29, 0.717) is 19.3 Å². The number of nitrogens with zero attached hydrogens (tertiary/aromatic N) is 2. The molecule has 0 spiro atoms. The molecule has 2 N–H and O–H groups in total. The van der Waals surface area contributed by atoms with Crippen LogP contribution in [0.2, 0.25) is 0 Å². The third-order valence-corrected chi connectivity index (χ3v) is 3.52. The molecule has 1 atom stereocenters. The van der Waals surface area contributed by atoms with Gasteiger partial charge in [-0.2, -0.15) is 0 Å². The highest BCUT2D eigenvalue weighted by molar-refractivity contribution is 5.81. The molecule has 1 heterocycles. The van der Waals surface area contributed by atoms with Crippen molar-refractivity contribution in [3.05, 3.63) is 29.3 Å². The summed E-state index contributed by atoms with van der Waals surface area (Å²) in [6, 6.07) is 6.69. The van der Waals surface area contributed by atoms with Crippen molar-refractivity contribution in [2.75, 3.05) is 24.8 Å². The standard InChI is InChI=1S/C13H17N3O2/c17-7-6-14-12-5-4-11-10(12)2-1-3-13(11)16-8-15-18-9-16/h1-3,8,12,14,17H,4-7,9H2. The minimum atomic E-state index is 0.179. The molecule has 0 bridgehead atoms. The van der Waals surface area contributed by atoms with Crippen molar-refractivity contribution in [3.63, 3.8) is 0 Å². The SMILES string of the molecule is OCCNC1CCc2c1cccc2N1C=NOC1. The van der Waals surface area contributed by atoms with Crippen LogP contribution in [0.25, 0.3) is 0 Å². The number of aliphatic hydroxyl groups excluding tert-OH is 1. The first-order valence-electron chi connectivity index (χ1n) is 6.28. The van der Waals surface area contributed by atoms with E-state index in [2.05, 4.69) is 28.7 Å². The molecule has 5 nitrogen and oxygen atoms in total. The van der Waals surface area contributed by atoms with Crippen molar-refractivity contribution >= 4 is 12.0 Å². The number of benzene rings is 1. The minimum Gasteiger partial charge on any atom is -0.395 e. The lowest BCUT2D eigenvalue weighted by Gasteiger charge is -2.18. The normalized spacial score (nSPS) is 21.2. The van der Waals surface area contributed by atoms with E-state index in [1.165, 1.54) is 16.8 Å². The number of hydrogen-bond donors (Lipinski definition) is 2. The van der Waals surface area contributed by atoms with Gasteiger partial charge in [0.2, 0.25) is 0 Å². The van der Waals surface area contributed by atoms with Crippen molar-refractivity contribution in [3.8, 4) is 0 Å². The second-order valence-electron chi connectivity index (χ2n) is 4.56. The molecule has 0 saturated carbocycles. The third kappa shape index (κ3) is 1.95.